The lowest BCUT2D eigenvalue weighted by atomic mass is 9.95. The Morgan fingerprint density at radius 1 is 1.15 bits per heavy atom. The van der Waals surface area contributed by atoms with Gasteiger partial charge in [0.2, 0.25) is 0 Å². The van der Waals surface area contributed by atoms with E-state index in [0.717, 1.165) is 0 Å². The molecule has 4 aliphatic rings. The molecule has 0 unspecified atom stereocenters. The van der Waals surface area contributed by atoms with Crippen molar-refractivity contribution in [3.63, 3.8) is 0 Å². The molecule has 3 aliphatic heterocycles. The summed E-state index contributed by atoms with van der Waals surface area (Å²) in [6.07, 6.45) is 3.33. The maximum Gasteiger partial charge on any atom is 0.335 e. The molecule has 216 valence electrons. The number of carboxylic acids is 2. The van der Waals surface area contributed by atoms with Gasteiger partial charge in [-0.05, 0) is 25.3 Å². The van der Waals surface area contributed by atoms with Gasteiger partial charge in [-0.25, -0.2) is 19.0 Å². The molecule has 2 aromatic rings. The molecule has 2 saturated heterocycles. The van der Waals surface area contributed by atoms with Crippen LogP contribution in [0.5, 0.6) is 0 Å². The fourth-order valence-corrected chi connectivity index (χ4v) is 7.13. The van der Waals surface area contributed by atoms with Gasteiger partial charge in [0, 0.05) is 61.6 Å². The molecular formula is C27H28ClFN6O5S. The Bertz CT molecular complexity index is 1450. The van der Waals surface area contributed by atoms with Gasteiger partial charge in [0.05, 0.1) is 22.6 Å². The van der Waals surface area contributed by atoms with Gasteiger partial charge < -0.3 is 25.3 Å². The average molecular weight is 603 g/mol. The highest BCUT2D eigenvalue weighted by Crippen LogP contribution is 2.38. The second kappa shape index (κ2) is 11.0. The third-order valence-corrected chi connectivity index (χ3v) is 9.49. The number of hydrogen-bond donors (Lipinski definition) is 3. The standard InChI is InChI=1S/C27H28ClFN6O5S/c28-21-17(2-1-3-18(21)29)22-20(26(38)39)19(31-23(32-22)24-30-6-9-41-24)13-33-7-8-34-16(11-33)12-35(27(34)40)15-5-4-14(10-15)25(36)37/h1-3,6,9,14-16,22H,4-5,7-8,10-13H2,(H,31,32)(H,36,37)(H,38,39)/t14-,15-,16-,22-/m0/s1. The van der Waals surface area contributed by atoms with E-state index < -0.39 is 29.7 Å². The first-order valence-electron chi connectivity index (χ1n) is 13.4. The number of nitrogens with one attached hydrogen (secondary N) is 1. The SMILES string of the molecule is O=C(O)C1=C(CN2CCN3C(=O)N([C@H]4CC[C@H](C(=O)O)C4)C[C@@H]3C2)NC(c2nccs2)=N[C@H]1c1cccc(F)c1Cl. The van der Waals surface area contributed by atoms with Gasteiger partial charge >= 0.3 is 18.0 Å². The summed E-state index contributed by atoms with van der Waals surface area (Å²) >= 11 is 7.64. The van der Waals surface area contributed by atoms with E-state index in [2.05, 4.69) is 20.2 Å². The average Bonchev–Trinajstić information content (AvgIpc) is 3.70. The van der Waals surface area contributed by atoms with Gasteiger partial charge in [-0.2, -0.15) is 0 Å². The highest BCUT2D eigenvalue weighted by Gasteiger charge is 2.46. The zero-order valence-corrected chi connectivity index (χ0v) is 23.4. The predicted octanol–water partition coefficient (Wildman–Crippen LogP) is 3.04. The van der Waals surface area contributed by atoms with Crippen molar-refractivity contribution >= 4 is 46.7 Å². The van der Waals surface area contributed by atoms with E-state index in [1.165, 1.54) is 23.5 Å². The molecule has 3 N–H and O–H groups in total. The number of carbonyl (C=O) groups excluding carboxylic acids is 1. The molecule has 1 aromatic carbocycles. The van der Waals surface area contributed by atoms with Crippen LogP contribution in [0.3, 0.4) is 0 Å². The Labute approximate surface area is 243 Å². The number of aliphatic carboxylic acids is 2. The minimum atomic E-state index is -1.20. The summed E-state index contributed by atoms with van der Waals surface area (Å²) in [4.78, 5) is 52.0. The summed E-state index contributed by atoms with van der Waals surface area (Å²) in [6.45, 7) is 2.24. The Hall–Kier alpha value is -3.55. The molecule has 3 fully saturated rings. The lowest BCUT2D eigenvalue weighted by Crippen LogP contribution is -2.53. The lowest BCUT2D eigenvalue weighted by molar-refractivity contribution is -0.141. The molecule has 2 amide bonds. The Balaban J connectivity index is 1.25. The quantitative estimate of drug-likeness (QED) is 0.440. The summed E-state index contributed by atoms with van der Waals surface area (Å²) < 4.78 is 14.4. The van der Waals surface area contributed by atoms with Crippen LogP contribution in [0.4, 0.5) is 9.18 Å². The maximum absolute atomic E-state index is 14.4. The molecule has 41 heavy (non-hydrogen) atoms. The Kier molecular flexibility index (Phi) is 7.43. The van der Waals surface area contributed by atoms with Crippen LogP contribution in [0.25, 0.3) is 0 Å². The second-order valence-corrected chi connectivity index (χ2v) is 12.0. The van der Waals surface area contributed by atoms with E-state index in [-0.39, 0.29) is 40.8 Å². The molecule has 4 heterocycles. The van der Waals surface area contributed by atoms with Crippen molar-refractivity contribution in [3.8, 4) is 0 Å². The number of benzene rings is 1. The summed E-state index contributed by atoms with van der Waals surface area (Å²) in [7, 11) is 0. The number of aliphatic imine (C=N–C) groups is 1. The first kappa shape index (κ1) is 27.6. The van der Waals surface area contributed by atoms with Gasteiger partial charge in [0.1, 0.15) is 11.9 Å². The first-order chi connectivity index (χ1) is 19.7. The maximum atomic E-state index is 14.4. The van der Waals surface area contributed by atoms with Crippen LogP contribution in [0, 0.1) is 11.7 Å². The van der Waals surface area contributed by atoms with Crippen LogP contribution < -0.4 is 5.32 Å². The van der Waals surface area contributed by atoms with Crippen molar-refractivity contribution in [3.05, 3.63) is 62.5 Å². The monoisotopic (exact) mass is 602 g/mol. The molecule has 1 aliphatic carbocycles. The number of carboxylic acid groups (broad SMARTS) is 2. The summed E-state index contributed by atoms with van der Waals surface area (Å²) in [5.41, 5.74) is 0.614. The topological polar surface area (TPSA) is 139 Å². The number of piperazine rings is 1. The molecule has 0 radical (unpaired) electrons. The number of aromatic nitrogens is 1. The van der Waals surface area contributed by atoms with Crippen molar-refractivity contribution < 1.29 is 29.0 Å². The van der Waals surface area contributed by atoms with E-state index in [1.54, 1.807) is 17.6 Å². The molecule has 0 bridgehead atoms. The van der Waals surface area contributed by atoms with Crippen LogP contribution in [0.15, 0.2) is 46.0 Å². The van der Waals surface area contributed by atoms with E-state index in [9.17, 15) is 29.0 Å². The van der Waals surface area contributed by atoms with Crippen LogP contribution in [0.1, 0.15) is 35.9 Å². The van der Waals surface area contributed by atoms with E-state index in [1.807, 2.05) is 9.80 Å². The molecule has 4 atom stereocenters. The van der Waals surface area contributed by atoms with Crippen molar-refractivity contribution in [2.45, 2.75) is 37.4 Å². The molecule has 14 heteroatoms. The number of fused-ring (bicyclic) bond motifs is 1. The third kappa shape index (κ3) is 5.17. The number of nitrogens with zero attached hydrogens (tertiary/aromatic N) is 5. The summed E-state index contributed by atoms with van der Waals surface area (Å²) in [6, 6.07) is 2.95. The molecule has 11 nitrogen and oxygen atoms in total. The second-order valence-electron chi connectivity index (χ2n) is 10.7. The number of urea groups is 1. The smallest absolute Gasteiger partial charge is 0.335 e. The summed E-state index contributed by atoms with van der Waals surface area (Å²) in [5, 5.41) is 25.0. The number of carbonyl (C=O) groups is 3. The van der Waals surface area contributed by atoms with Crippen LogP contribution in [-0.2, 0) is 9.59 Å². The first-order valence-corrected chi connectivity index (χ1v) is 14.6. The number of hydrogen-bond acceptors (Lipinski definition) is 8. The van der Waals surface area contributed by atoms with Crippen LogP contribution >= 0.6 is 22.9 Å². The summed E-state index contributed by atoms with van der Waals surface area (Å²) in [5.74, 6) is -2.73. The predicted molar refractivity (Wildman–Crippen MR) is 148 cm³/mol. The van der Waals surface area contributed by atoms with Crippen molar-refractivity contribution in [1.29, 1.82) is 0 Å². The van der Waals surface area contributed by atoms with Crippen molar-refractivity contribution in [2.24, 2.45) is 10.9 Å². The minimum Gasteiger partial charge on any atom is -0.481 e. The normalized spacial score (nSPS) is 26.7. The molecular weight excluding hydrogens is 575 g/mol. The van der Waals surface area contributed by atoms with E-state index in [4.69, 9.17) is 11.6 Å². The third-order valence-electron chi connectivity index (χ3n) is 8.31. The van der Waals surface area contributed by atoms with Gasteiger partial charge in [-0.15, -0.1) is 11.3 Å². The lowest BCUT2D eigenvalue weighted by Gasteiger charge is -2.38. The highest BCUT2D eigenvalue weighted by atomic mass is 35.5. The molecule has 1 aromatic heterocycles. The van der Waals surface area contributed by atoms with Gasteiger partial charge in [0.15, 0.2) is 10.8 Å². The van der Waals surface area contributed by atoms with E-state index in [0.29, 0.717) is 62.0 Å². The minimum absolute atomic E-state index is 0.0324. The number of halogens is 2. The Morgan fingerprint density at radius 2 is 1.98 bits per heavy atom. The largest absolute Gasteiger partial charge is 0.481 e. The zero-order chi connectivity index (χ0) is 28.8. The molecule has 6 rings (SSSR count). The van der Waals surface area contributed by atoms with Gasteiger partial charge in [0.25, 0.3) is 0 Å². The zero-order valence-electron chi connectivity index (χ0n) is 21.9. The number of rotatable bonds is 7. The van der Waals surface area contributed by atoms with Crippen molar-refractivity contribution in [1.82, 2.24) is 25.0 Å². The number of amidine groups is 1. The number of thiazole rings is 1. The van der Waals surface area contributed by atoms with Crippen LogP contribution in [-0.4, -0.2) is 98.5 Å². The highest BCUT2D eigenvalue weighted by molar-refractivity contribution is 7.11. The van der Waals surface area contributed by atoms with E-state index >= 15 is 0 Å². The fourth-order valence-electron chi connectivity index (χ4n) is 6.31. The fraction of sp³-hybridized carbons (Fsp3) is 0.444. The Morgan fingerprint density at radius 3 is 2.68 bits per heavy atom. The molecule has 0 spiro atoms. The molecule has 1 saturated carbocycles. The van der Waals surface area contributed by atoms with Gasteiger partial charge in [-0.3, -0.25) is 14.7 Å². The number of amides is 2. The van der Waals surface area contributed by atoms with Gasteiger partial charge in [-0.1, -0.05) is 23.7 Å². The van der Waals surface area contributed by atoms with Crippen LogP contribution in [0.2, 0.25) is 5.02 Å². The van der Waals surface area contributed by atoms with Crippen molar-refractivity contribution in [2.75, 3.05) is 32.7 Å².